The van der Waals surface area contributed by atoms with Crippen LogP contribution in [0.1, 0.15) is 84.0 Å². The number of hydrogen-bond donors (Lipinski definition) is 0. The maximum atomic E-state index is 10.6. The summed E-state index contributed by atoms with van der Waals surface area (Å²) in [6.07, 6.45) is 21.9. The fourth-order valence-electron chi connectivity index (χ4n) is 2.12. The molecular weight excluding hydrogens is 287 g/mol. The summed E-state index contributed by atoms with van der Waals surface area (Å²) in [4.78, 5) is 14.0. The zero-order valence-electron chi connectivity index (χ0n) is 14.5. The van der Waals surface area contributed by atoms with Crippen LogP contribution in [0.5, 0.6) is 0 Å². The minimum absolute atomic E-state index is 0. The molecule has 0 aromatic heterocycles. The molecule has 0 amide bonds. The Hall–Kier alpha value is -0.0900. The Labute approximate surface area is 158 Å². The Bertz CT molecular complexity index is 288. The van der Waals surface area contributed by atoms with Crippen molar-refractivity contribution in [3.05, 3.63) is 24.3 Å². The summed E-state index contributed by atoms with van der Waals surface area (Å²) in [6.45, 7) is 2.23. The normalized spacial score (nSPS) is 11.0. The van der Waals surface area contributed by atoms with Gasteiger partial charge in [0.05, 0.1) is 0 Å². The van der Waals surface area contributed by atoms with E-state index in [4.69, 9.17) is 0 Å². The quantitative estimate of drug-likeness (QED) is 0.161. The van der Waals surface area contributed by atoms with Gasteiger partial charge in [-0.15, -0.1) is 0 Å². The fourth-order valence-corrected chi connectivity index (χ4v) is 2.12. The van der Waals surface area contributed by atoms with E-state index in [1.54, 1.807) is 0 Å². The SMILES string of the molecule is CCCCC/C=C\C/C=C\CCCCCCCC(=O)O[O-].[Na+]. The van der Waals surface area contributed by atoms with Crippen LogP contribution in [0, 0.1) is 0 Å². The topological polar surface area (TPSA) is 49.4 Å². The van der Waals surface area contributed by atoms with E-state index in [0.29, 0.717) is 0 Å². The van der Waals surface area contributed by atoms with E-state index in [1.807, 2.05) is 0 Å². The van der Waals surface area contributed by atoms with Crippen LogP contribution < -0.4 is 34.8 Å². The second kappa shape index (κ2) is 20.9. The van der Waals surface area contributed by atoms with Gasteiger partial charge in [-0.25, -0.2) is 0 Å². The third-order valence-electron chi connectivity index (χ3n) is 3.42. The number of allylic oxidation sites excluding steroid dienone is 4. The Morgan fingerprint density at radius 1 is 0.864 bits per heavy atom. The molecule has 0 unspecified atom stereocenters. The number of rotatable bonds is 14. The summed E-state index contributed by atoms with van der Waals surface area (Å²) >= 11 is 0. The molecule has 0 radical (unpaired) electrons. The van der Waals surface area contributed by atoms with Crippen molar-refractivity contribution < 1.29 is 44.5 Å². The molecule has 0 bridgehead atoms. The van der Waals surface area contributed by atoms with Gasteiger partial charge in [-0.05, 0) is 38.5 Å². The van der Waals surface area contributed by atoms with Crippen molar-refractivity contribution in [1.29, 1.82) is 0 Å². The Balaban J connectivity index is 0. The molecule has 0 aliphatic rings. The molecule has 0 aromatic rings. The Kier molecular flexibility index (Phi) is 23.0. The van der Waals surface area contributed by atoms with Gasteiger partial charge in [0.2, 0.25) is 0 Å². The van der Waals surface area contributed by atoms with Gasteiger partial charge in [0.25, 0.3) is 5.97 Å². The standard InChI is InChI=1S/C18H32O3.Na/c1-2-3-4-5-6-7-8-9-10-11-12-13-14-15-16-17-18(19)21-20;/h6-7,9-10,20H,2-5,8,11-17H2,1H3;/q;+1/p-1/b7-6-,10-9-;. The summed E-state index contributed by atoms with van der Waals surface area (Å²) in [5.74, 6) is -0.638. The molecule has 3 nitrogen and oxygen atoms in total. The number of carbonyl (C=O) groups is 1. The molecule has 4 heteroatoms. The van der Waals surface area contributed by atoms with Crippen LogP contribution >= 0.6 is 0 Å². The molecule has 0 heterocycles. The Morgan fingerprint density at radius 3 is 2.00 bits per heavy atom. The van der Waals surface area contributed by atoms with Crippen molar-refractivity contribution in [1.82, 2.24) is 0 Å². The Morgan fingerprint density at radius 2 is 1.41 bits per heavy atom. The van der Waals surface area contributed by atoms with Crippen molar-refractivity contribution in [3.63, 3.8) is 0 Å². The number of hydrogen-bond acceptors (Lipinski definition) is 3. The van der Waals surface area contributed by atoms with E-state index in [1.165, 1.54) is 38.5 Å². The summed E-state index contributed by atoms with van der Waals surface area (Å²) in [5.41, 5.74) is 0. The van der Waals surface area contributed by atoms with Crippen molar-refractivity contribution in [2.75, 3.05) is 0 Å². The summed E-state index contributed by atoms with van der Waals surface area (Å²) in [6, 6.07) is 0. The third-order valence-corrected chi connectivity index (χ3v) is 3.42. The summed E-state index contributed by atoms with van der Waals surface area (Å²) < 4.78 is 0. The largest absolute Gasteiger partial charge is 1.00 e. The van der Waals surface area contributed by atoms with E-state index in [9.17, 15) is 10.1 Å². The summed E-state index contributed by atoms with van der Waals surface area (Å²) in [7, 11) is 0. The van der Waals surface area contributed by atoms with Crippen molar-refractivity contribution in [3.8, 4) is 0 Å². The monoisotopic (exact) mass is 318 g/mol. The molecule has 0 rings (SSSR count). The molecule has 0 aliphatic heterocycles. The zero-order chi connectivity index (χ0) is 15.6. The van der Waals surface area contributed by atoms with Crippen molar-refractivity contribution >= 4 is 5.97 Å². The first-order chi connectivity index (χ1) is 10.3. The molecule has 0 spiro atoms. The van der Waals surface area contributed by atoms with Crippen LogP contribution in [0.2, 0.25) is 0 Å². The molecule has 0 fully saturated rings. The molecule has 0 aromatic carbocycles. The average molecular weight is 318 g/mol. The molecule has 122 valence electrons. The smallest absolute Gasteiger partial charge is 0.662 e. The van der Waals surface area contributed by atoms with Gasteiger partial charge in [0.15, 0.2) is 0 Å². The molecule has 0 aliphatic carbocycles. The molecule has 0 saturated heterocycles. The predicted octanol–water partition coefficient (Wildman–Crippen LogP) is 1.62. The van der Waals surface area contributed by atoms with Gasteiger partial charge >= 0.3 is 29.6 Å². The van der Waals surface area contributed by atoms with Crippen LogP contribution in [-0.2, 0) is 9.68 Å². The van der Waals surface area contributed by atoms with E-state index in [-0.39, 0.29) is 36.0 Å². The van der Waals surface area contributed by atoms with Crippen molar-refractivity contribution in [2.45, 2.75) is 84.0 Å². The fraction of sp³-hybridized carbons (Fsp3) is 0.722. The second-order valence-electron chi connectivity index (χ2n) is 5.44. The van der Waals surface area contributed by atoms with E-state index < -0.39 is 5.97 Å². The molecule has 0 saturated carbocycles. The van der Waals surface area contributed by atoms with E-state index >= 15 is 0 Å². The second-order valence-corrected chi connectivity index (χ2v) is 5.44. The minimum Gasteiger partial charge on any atom is -0.662 e. The van der Waals surface area contributed by atoms with Gasteiger partial charge < -0.3 is 10.1 Å². The maximum absolute atomic E-state index is 10.6. The van der Waals surface area contributed by atoms with Gasteiger partial charge in [-0.2, -0.15) is 0 Å². The van der Waals surface area contributed by atoms with Crippen LogP contribution in [0.15, 0.2) is 24.3 Å². The summed E-state index contributed by atoms with van der Waals surface area (Å²) in [5, 5.41) is 9.75. The number of carbonyl (C=O) groups excluding carboxylic acids is 1. The van der Waals surface area contributed by atoms with E-state index in [2.05, 4.69) is 36.1 Å². The molecule has 22 heavy (non-hydrogen) atoms. The zero-order valence-corrected chi connectivity index (χ0v) is 16.5. The first-order valence-electron chi connectivity index (χ1n) is 8.44. The van der Waals surface area contributed by atoms with Gasteiger partial charge in [0, 0.05) is 6.42 Å². The van der Waals surface area contributed by atoms with Gasteiger partial charge in [0.1, 0.15) is 0 Å². The maximum Gasteiger partial charge on any atom is 1.00 e. The molecular formula is C18H31NaO3. The van der Waals surface area contributed by atoms with Crippen LogP contribution in [0.3, 0.4) is 0 Å². The van der Waals surface area contributed by atoms with Gasteiger partial charge in [-0.1, -0.05) is 63.3 Å². The van der Waals surface area contributed by atoms with E-state index in [0.717, 1.165) is 32.1 Å². The third kappa shape index (κ3) is 19.9. The van der Waals surface area contributed by atoms with Crippen LogP contribution in [-0.4, -0.2) is 5.97 Å². The minimum atomic E-state index is -0.638. The number of unbranched alkanes of at least 4 members (excludes halogenated alkanes) is 8. The molecule has 0 atom stereocenters. The van der Waals surface area contributed by atoms with Gasteiger partial charge in [-0.3, -0.25) is 4.79 Å². The van der Waals surface area contributed by atoms with Crippen LogP contribution in [0.4, 0.5) is 0 Å². The van der Waals surface area contributed by atoms with Crippen molar-refractivity contribution in [2.24, 2.45) is 0 Å². The predicted molar refractivity (Wildman–Crippen MR) is 85.5 cm³/mol. The molecule has 0 N–H and O–H groups in total. The van der Waals surface area contributed by atoms with Crippen LogP contribution in [0.25, 0.3) is 0 Å². The average Bonchev–Trinajstić information content (AvgIpc) is 2.50. The first kappa shape index (κ1) is 24.2. The first-order valence-corrected chi connectivity index (χ1v) is 8.44.